The minimum atomic E-state index is 0.483. The van der Waals surface area contributed by atoms with Crippen molar-refractivity contribution in [2.24, 2.45) is 0 Å². The van der Waals surface area contributed by atoms with Gasteiger partial charge in [0.25, 0.3) is 0 Å². The summed E-state index contributed by atoms with van der Waals surface area (Å²) in [5.74, 6) is 1.03. The fourth-order valence-corrected chi connectivity index (χ4v) is 2.83. The van der Waals surface area contributed by atoms with Gasteiger partial charge in [-0.25, -0.2) is 0 Å². The van der Waals surface area contributed by atoms with Gasteiger partial charge in [-0.15, -0.1) is 0 Å². The lowest BCUT2D eigenvalue weighted by molar-refractivity contribution is 0.322. The van der Waals surface area contributed by atoms with Gasteiger partial charge in [-0.2, -0.15) is 0 Å². The Morgan fingerprint density at radius 3 is 2.90 bits per heavy atom. The van der Waals surface area contributed by atoms with Crippen molar-refractivity contribution < 1.29 is 4.74 Å². The van der Waals surface area contributed by atoms with Crippen LogP contribution in [0.4, 0.5) is 5.69 Å². The van der Waals surface area contributed by atoms with Crippen LogP contribution in [-0.2, 0) is 0 Å². The van der Waals surface area contributed by atoms with Crippen molar-refractivity contribution in [2.75, 3.05) is 24.6 Å². The number of benzene rings is 1. The molecule has 1 heterocycles. The number of anilines is 1. The number of ether oxygens (including phenoxy) is 1. The molecule has 0 amide bonds. The first-order valence-corrected chi connectivity index (χ1v) is 7.94. The number of fused-ring (bicyclic) bond motifs is 1. The highest BCUT2D eigenvalue weighted by Gasteiger charge is 2.20. The van der Waals surface area contributed by atoms with Crippen LogP contribution in [0.2, 0.25) is 0 Å². The summed E-state index contributed by atoms with van der Waals surface area (Å²) in [5.41, 5.74) is 1.24. The zero-order valence-corrected chi connectivity index (χ0v) is 13.1. The van der Waals surface area contributed by atoms with Gasteiger partial charge in [-0.05, 0) is 38.8 Å². The molecular formula is C17H28N2O. The molecule has 2 unspecified atom stereocenters. The molecule has 1 N–H and O–H groups in total. The van der Waals surface area contributed by atoms with E-state index in [4.69, 9.17) is 4.74 Å². The van der Waals surface area contributed by atoms with Crippen molar-refractivity contribution in [2.45, 2.75) is 52.1 Å². The van der Waals surface area contributed by atoms with Gasteiger partial charge >= 0.3 is 0 Å². The highest BCUT2D eigenvalue weighted by molar-refractivity contribution is 5.59. The van der Waals surface area contributed by atoms with Crippen LogP contribution in [0, 0.1) is 0 Å². The van der Waals surface area contributed by atoms with Gasteiger partial charge in [0.15, 0.2) is 0 Å². The fourth-order valence-electron chi connectivity index (χ4n) is 2.83. The lowest BCUT2D eigenvalue weighted by Gasteiger charge is -2.31. The second-order valence-electron chi connectivity index (χ2n) is 5.81. The molecule has 0 aromatic heterocycles. The summed E-state index contributed by atoms with van der Waals surface area (Å²) in [7, 11) is 0. The molecule has 0 aliphatic carbocycles. The van der Waals surface area contributed by atoms with E-state index in [1.807, 2.05) is 0 Å². The van der Waals surface area contributed by atoms with Crippen molar-refractivity contribution in [1.29, 1.82) is 0 Å². The third-order valence-electron chi connectivity index (χ3n) is 3.99. The normalized spacial score (nSPS) is 17.9. The second kappa shape index (κ2) is 7.53. The number of para-hydroxylation sites is 2. The van der Waals surface area contributed by atoms with E-state index in [-0.39, 0.29) is 0 Å². The summed E-state index contributed by atoms with van der Waals surface area (Å²) in [6, 6.07) is 9.48. The SMILES string of the molecule is CCCC(C)NCC(C)N1CCCOc2ccccc21. The molecule has 112 valence electrons. The number of hydrogen-bond acceptors (Lipinski definition) is 3. The molecule has 0 saturated carbocycles. The minimum absolute atomic E-state index is 0.483. The van der Waals surface area contributed by atoms with Crippen LogP contribution >= 0.6 is 0 Å². The first-order chi connectivity index (χ1) is 9.72. The number of nitrogens with one attached hydrogen (secondary N) is 1. The van der Waals surface area contributed by atoms with Crippen LogP contribution in [0.3, 0.4) is 0 Å². The Bertz CT molecular complexity index is 408. The van der Waals surface area contributed by atoms with E-state index >= 15 is 0 Å². The molecule has 1 aliphatic heterocycles. The lowest BCUT2D eigenvalue weighted by Crippen LogP contribution is -2.43. The lowest BCUT2D eigenvalue weighted by atomic mass is 10.1. The summed E-state index contributed by atoms with van der Waals surface area (Å²) in [5, 5.41) is 3.65. The van der Waals surface area contributed by atoms with Gasteiger partial charge in [-0.3, -0.25) is 0 Å². The van der Waals surface area contributed by atoms with Gasteiger partial charge in [-0.1, -0.05) is 25.5 Å². The van der Waals surface area contributed by atoms with E-state index in [0.29, 0.717) is 12.1 Å². The molecule has 0 bridgehead atoms. The van der Waals surface area contributed by atoms with Gasteiger partial charge in [0.2, 0.25) is 0 Å². The Morgan fingerprint density at radius 2 is 2.10 bits per heavy atom. The zero-order chi connectivity index (χ0) is 14.4. The van der Waals surface area contributed by atoms with E-state index in [0.717, 1.165) is 31.9 Å². The minimum Gasteiger partial charge on any atom is -0.491 e. The molecule has 1 aromatic rings. The molecule has 3 nitrogen and oxygen atoms in total. The second-order valence-corrected chi connectivity index (χ2v) is 5.81. The summed E-state index contributed by atoms with van der Waals surface area (Å²) in [6.07, 6.45) is 3.57. The Balaban J connectivity index is 2.00. The first kappa shape index (κ1) is 15.2. The van der Waals surface area contributed by atoms with Gasteiger partial charge in [0, 0.05) is 25.2 Å². The summed E-state index contributed by atoms with van der Waals surface area (Å²) >= 11 is 0. The molecule has 0 saturated heterocycles. The molecule has 3 heteroatoms. The van der Waals surface area contributed by atoms with Gasteiger partial charge in [0.1, 0.15) is 5.75 Å². The van der Waals surface area contributed by atoms with Crippen LogP contribution in [0.25, 0.3) is 0 Å². The van der Waals surface area contributed by atoms with Crippen LogP contribution < -0.4 is 15.0 Å². The predicted molar refractivity (Wildman–Crippen MR) is 85.7 cm³/mol. The zero-order valence-electron chi connectivity index (χ0n) is 13.1. The highest BCUT2D eigenvalue weighted by Crippen LogP contribution is 2.31. The molecule has 0 radical (unpaired) electrons. The maximum absolute atomic E-state index is 5.83. The van der Waals surface area contributed by atoms with Crippen molar-refractivity contribution >= 4 is 5.69 Å². The average Bonchev–Trinajstić information content (AvgIpc) is 2.67. The largest absolute Gasteiger partial charge is 0.491 e. The van der Waals surface area contributed by atoms with E-state index in [1.165, 1.54) is 18.5 Å². The average molecular weight is 276 g/mol. The molecule has 0 fully saturated rings. The molecular weight excluding hydrogens is 248 g/mol. The molecule has 2 rings (SSSR count). The number of nitrogens with zero attached hydrogens (tertiary/aromatic N) is 1. The van der Waals surface area contributed by atoms with Crippen molar-refractivity contribution in [3.8, 4) is 5.75 Å². The van der Waals surface area contributed by atoms with Crippen molar-refractivity contribution in [3.05, 3.63) is 24.3 Å². The van der Waals surface area contributed by atoms with Crippen molar-refractivity contribution in [3.63, 3.8) is 0 Å². The van der Waals surface area contributed by atoms with Gasteiger partial charge in [0.05, 0.1) is 12.3 Å². The third kappa shape index (κ3) is 3.89. The standard InChI is InChI=1S/C17H28N2O/c1-4-8-14(2)18-13-15(3)19-11-7-12-20-17-10-6-5-9-16(17)19/h5-6,9-10,14-15,18H,4,7-8,11-13H2,1-3H3. The van der Waals surface area contributed by atoms with E-state index in [9.17, 15) is 0 Å². The molecule has 1 aromatic carbocycles. The van der Waals surface area contributed by atoms with E-state index in [2.05, 4.69) is 55.3 Å². The topological polar surface area (TPSA) is 24.5 Å². The fraction of sp³-hybridized carbons (Fsp3) is 0.647. The summed E-state index contributed by atoms with van der Waals surface area (Å²) in [6.45, 7) is 9.73. The Labute approximate surface area is 123 Å². The molecule has 20 heavy (non-hydrogen) atoms. The quantitative estimate of drug-likeness (QED) is 0.861. The predicted octanol–water partition coefficient (Wildman–Crippen LogP) is 3.44. The van der Waals surface area contributed by atoms with Crippen molar-refractivity contribution in [1.82, 2.24) is 5.32 Å². The smallest absolute Gasteiger partial charge is 0.142 e. The van der Waals surface area contributed by atoms with Gasteiger partial charge < -0.3 is 15.0 Å². The first-order valence-electron chi connectivity index (χ1n) is 7.94. The highest BCUT2D eigenvalue weighted by atomic mass is 16.5. The molecule has 2 atom stereocenters. The maximum atomic E-state index is 5.83. The maximum Gasteiger partial charge on any atom is 0.142 e. The Hall–Kier alpha value is -1.22. The van der Waals surface area contributed by atoms with Crippen LogP contribution in [-0.4, -0.2) is 31.8 Å². The third-order valence-corrected chi connectivity index (χ3v) is 3.99. The number of rotatable bonds is 6. The molecule has 1 aliphatic rings. The van der Waals surface area contributed by atoms with Crippen LogP contribution in [0.15, 0.2) is 24.3 Å². The van der Waals surface area contributed by atoms with Crippen LogP contribution in [0.5, 0.6) is 5.75 Å². The Morgan fingerprint density at radius 1 is 1.30 bits per heavy atom. The number of hydrogen-bond donors (Lipinski definition) is 1. The summed E-state index contributed by atoms with van der Waals surface area (Å²) in [4.78, 5) is 2.48. The summed E-state index contributed by atoms with van der Waals surface area (Å²) < 4.78 is 5.83. The monoisotopic (exact) mass is 276 g/mol. The Kier molecular flexibility index (Phi) is 5.72. The molecule has 0 spiro atoms. The van der Waals surface area contributed by atoms with Crippen LogP contribution in [0.1, 0.15) is 40.0 Å². The van der Waals surface area contributed by atoms with E-state index < -0.39 is 0 Å². The van der Waals surface area contributed by atoms with E-state index in [1.54, 1.807) is 0 Å².